The molecule has 15 heavy (non-hydrogen) atoms. The summed E-state index contributed by atoms with van der Waals surface area (Å²) in [4.78, 5) is 0. The summed E-state index contributed by atoms with van der Waals surface area (Å²) in [6, 6.07) is 0. The predicted octanol–water partition coefficient (Wildman–Crippen LogP) is -0.193. The molecule has 0 radical (unpaired) electrons. The van der Waals surface area contributed by atoms with Crippen molar-refractivity contribution in [3.8, 4) is 0 Å². The minimum Gasteiger partial charge on any atom is -0.396 e. The lowest BCUT2D eigenvalue weighted by Crippen LogP contribution is -2.43. The fourth-order valence-electron chi connectivity index (χ4n) is 1.44. The summed E-state index contributed by atoms with van der Waals surface area (Å²) in [5.41, 5.74) is 0. The van der Waals surface area contributed by atoms with Crippen LogP contribution in [0.15, 0.2) is 12.2 Å². The zero-order valence-corrected chi connectivity index (χ0v) is 9.78. The molecule has 0 unspecified atom stereocenters. The van der Waals surface area contributed by atoms with Crippen LogP contribution < -0.4 is 0 Å². The number of aliphatic hydroxyl groups excluding tert-OH is 1. The molecule has 0 aromatic heterocycles. The largest absolute Gasteiger partial charge is 0.396 e. The lowest BCUT2D eigenvalue weighted by atomic mass is 10.3. The molecule has 0 fully saturated rings. The minimum atomic E-state index is -3.33. The quantitative estimate of drug-likeness (QED) is 0.671. The molecule has 0 aliphatic carbocycles. The Morgan fingerprint density at radius 2 is 2.20 bits per heavy atom. The Balaban J connectivity index is 2.60. The van der Waals surface area contributed by atoms with Crippen molar-refractivity contribution in [2.45, 2.75) is 12.8 Å². The molecule has 0 aromatic carbocycles. The van der Waals surface area contributed by atoms with Crippen molar-refractivity contribution in [3.63, 3.8) is 0 Å². The van der Waals surface area contributed by atoms with E-state index in [0.717, 1.165) is 6.42 Å². The van der Waals surface area contributed by atoms with Gasteiger partial charge in [0, 0.05) is 33.3 Å². The van der Waals surface area contributed by atoms with Gasteiger partial charge in [-0.25, -0.2) is 0 Å². The van der Waals surface area contributed by atoms with Crippen LogP contribution in [-0.4, -0.2) is 55.4 Å². The first-order valence-electron chi connectivity index (χ1n) is 5.06. The molecule has 1 rings (SSSR count). The second kappa shape index (κ2) is 5.60. The third kappa shape index (κ3) is 3.27. The van der Waals surface area contributed by atoms with Crippen molar-refractivity contribution < 1.29 is 13.5 Å². The Labute approximate surface area is 91.2 Å². The van der Waals surface area contributed by atoms with E-state index in [4.69, 9.17) is 5.11 Å². The summed E-state index contributed by atoms with van der Waals surface area (Å²) in [5.74, 6) is 0. The lowest BCUT2D eigenvalue weighted by Gasteiger charge is -2.27. The Kier molecular flexibility index (Phi) is 4.72. The van der Waals surface area contributed by atoms with Crippen molar-refractivity contribution >= 4 is 10.2 Å². The van der Waals surface area contributed by atoms with E-state index in [-0.39, 0.29) is 6.61 Å². The van der Waals surface area contributed by atoms with Crippen LogP contribution in [0.1, 0.15) is 12.8 Å². The predicted molar refractivity (Wildman–Crippen MR) is 58.6 cm³/mol. The first-order chi connectivity index (χ1) is 7.09. The molecule has 0 bridgehead atoms. The van der Waals surface area contributed by atoms with Gasteiger partial charge in [-0.15, -0.1) is 0 Å². The monoisotopic (exact) mass is 234 g/mol. The summed E-state index contributed by atoms with van der Waals surface area (Å²) in [5, 5.41) is 8.64. The van der Waals surface area contributed by atoms with Crippen molar-refractivity contribution in [3.05, 3.63) is 12.2 Å². The van der Waals surface area contributed by atoms with Gasteiger partial charge in [0.1, 0.15) is 0 Å². The first-order valence-corrected chi connectivity index (χ1v) is 6.46. The average molecular weight is 234 g/mol. The van der Waals surface area contributed by atoms with E-state index in [1.165, 1.54) is 8.61 Å². The maximum Gasteiger partial charge on any atom is 0.282 e. The molecule has 0 saturated carbocycles. The zero-order valence-electron chi connectivity index (χ0n) is 8.96. The number of aliphatic hydroxyl groups is 1. The van der Waals surface area contributed by atoms with Gasteiger partial charge in [0.05, 0.1) is 0 Å². The van der Waals surface area contributed by atoms with Crippen molar-refractivity contribution in [1.82, 2.24) is 8.61 Å². The van der Waals surface area contributed by atoms with Crippen LogP contribution in [0.3, 0.4) is 0 Å². The Bertz CT molecular complexity index is 313. The summed E-state index contributed by atoms with van der Waals surface area (Å²) >= 11 is 0. The van der Waals surface area contributed by atoms with E-state index < -0.39 is 10.2 Å². The first kappa shape index (κ1) is 12.6. The van der Waals surface area contributed by atoms with E-state index in [2.05, 4.69) is 0 Å². The molecule has 1 heterocycles. The van der Waals surface area contributed by atoms with E-state index in [9.17, 15) is 8.42 Å². The van der Waals surface area contributed by atoms with Gasteiger partial charge in [0.25, 0.3) is 10.2 Å². The highest BCUT2D eigenvalue weighted by Gasteiger charge is 2.25. The van der Waals surface area contributed by atoms with Crippen LogP contribution in [0.25, 0.3) is 0 Å². The highest BCUT2D eigenvalue weighted by atomic mass is 32.2. The molecular weight excluding hydrogens is 216 g/mol. The van der Waals surface area contributed by atoms with E-state index in [1.54, 1.807) is 7.05 Å². The molecule has 0 spiro atoms. The Morgan fingerprint density at radius 1 is 1.47 bits per heavy atom. The SMILES string of the molecule is CN(CCCO)S(=O)(=O)N1CC=CCC1. The van der Waals surface area contributed by atoms with E-state index >= 15 is 0 Å². The Morgan fingerprint density at radius 3 is 2.73 bits per heavy atom. The molecule has 1 N–H and O–H groups in total. The second-order valence-corrected chi connectivity index (χ2v) is 5.56. The van der Waals surface area contributed by atoms with Gasteiger partial charge in [-0.1, -0.05) is 12.2 Å². The van der Waals surface area contributed by atoms with E-state index in [1.807, 2.05) is 12.2 Å². The van der Waals surface area contributed by atoms with Crippen molar-refractivity contribution in [2.75, 3.05) is 33.3 Å². The summed E-state index contributed by atoms with van der Waals surface area (Å²) in [6.45, 7) is 1.37. The molecule has 88 valence electrons. The zero-order chi connectivity index (χ0) is 11.3. The number of hydrogen-bond donors (Lipinski definition) is 1. The van der Waals surface area contributed by atoms with Gasteiger partial charge in [-0.2, -0.15) is 17.0 Å². The summed E-state index contributed by atoms with van der Waals surface area (Å²) in [6.07, 6.45) is 5.09. The normalized spacial score (nSPS) is 18.6. The second-order valence-electron chi connectivity index (χ2n) is 3.52. The van der Waals surface area contributed by atoms with Gasteiger partial charge in [0.2, 0.25) is 0 Å². The smallest absolute Gasteiger partial charge is 0.282 e. The fourth-order valence-corrected chi connectivity index (χ4v) is 2.80. The molecule has 1 aliphatic heterocycles. The van der Waals surface area contributed by atoms with Crippen LogP contribution in [0.2, 0.25) is 0 Å². The van der Waals surface area contributed by atoms with Crippen molar-refractivity contribution in [1.29, 1.82) is 0 Å². The number of hydrogen-bond acceptors (Lipinski definition) is 3. The van der Waals surface area contributed by atoms with Gasteiger partial charge >= 0.3 is 0 Å². The number of nitrogens with zero attached hydrogens (tertiary/aromatic N) is 2. The molecule has 0 saturated heterocycles. The molecule has 5 nitrogen and oxygen atoms in total. The van der Waals surface area contributed by atoms with Gasteiger partial charge < -0.3 is 5.11 Å². The third-order valence-corrected chi connectivity index (χ3v) is 4.33. The fraction of sp³-hybridized carbons (Fsp3) is 0.778. The van der Waals surface area contributed by atoms with Gasteiger partial charge in [-0.3, -0.25) is 0 Å². The summed E-state index contributed by atoms with van der Waals surface area (Å²) in [7, 11) is -1.79. The average Bonchev–Trinajstić information content (AvgIpc) is 2.27. The van der Waals surface area contributed by atoms with Crippen LogP contribution in [0.5, 0.6) is 0 Å². The molecule has 0 atom stereocenters. The highest BCUT2D eigenvalue weighted by molar-refractivity contribution is 7.86. The van der Waals surface area contributed by atoms with Crippen LogP contribution in [0.4, 0.5) is 0 Å². The number of rotatable bonds is 5. The van der Waals surface area contributed by atoms with Gasteiger partial charge in [-0.05, 0) is 12.8 Å². The van der Waals surface area contributed by atoms with E-state index in [0.29, 0.717) is 26.1 Å². The molecular formula is C9H18N2O3S. The van der Waals surface area contributed by atoms with Gasteiger partial charge in [0.15, 0.2) is 0 Å². The standard InChI is InChI=1S/C9H18N2O3S/c1-10(6-5-9-12)15(13,14)11-7-3-2-4-8-11/h2-3,12H,4-9H2,1H3. The summed E-state index contributed by atoms with van der Waals surface area (Å²) < 4.78 is 26.6. The lowest BCUT2D eigenvalue weighted by molar-refractivity contribution is 0.271. The molecule has 0 amide bonds. The maximum atomic E-state index is 11.9. The third-order valence-electron chi connectivity index (χ3n) is 2.37. The molecule has 0 aromatic rings. The topological polar surface area (TPSA) is 60.9 Å². The van der Waals surface area contributed by atoms with Crippen LogP contribution in [-0.2, 0) is 10.2 Å². The molecule has 6 heteroatoms. The maximum absolute atomic E-state index is 11.9. The van der Waals surface area contributed by atoms with Crippen LogP contribution >= 0.6 is 0 Å². The minimum absolute atomic E-state index is 0.0137. The highest BCUT2D eigenvalue weighted by Crippen LogP contribution is 2.11. The van der Waals surface area contributed by atoms with Crippen LogP contribution in [0, 0.1) is 0 Å². The molecule has 1 aliphatic rings. The van der Waals surface area contributed by atoms with Crippen molar-refractivity contribution in [2.24, 2.45) is 0 Å². The Hall–Kier alpha value is -0.430.